The number of para-hydroxylation sites is 1. The Balaban J connectivity index is 1.94. The number of hydrogen-bond donors (Lipinski definition) is 0. The second-order valence-corrected chi connectivity index (χ2v) is 4.67. The van der Waals surface area contributed by atoms with Crippen molar-refractivity contribution in [3.05, 3.63) is 29.3 Å². The summed E-state index contributed by atoms with van der Waals surface area (Å²) in [6, 6.07) is 5.89. The number of carbonyl (C=O) groups is 1. The summed E-state index contributed by atoms with van der Waals surface area (Å²) < 4.78 is 11.0. The lowest BCUT2D eigenvalue weighted by Gasteiger charge is -2.20. The van der Waals surface area contributed by atoms with Crippen LogP contribution in [0.3, 0.4) is 0 Å². The van der Waals surface area contributed by atoms with Gasteiger partial charge in [0.15, 0.2) is 5.78 Å². The van der Waals surface area contributed by atoms with Gasteiger partial charge in [-0.15, -0.1) is 0 Å². The van der Waals surface area contributed by atoms with E-state index in [1.165, 1.54) is 5.56 Å². The van der Waals surface area contributed by atoms with Crippen LogP contribution in [0.2, 0.25) is 0 Å². The normalized spacial score (nSPS) is 22.9. The Morgan fingerprint density at radius 3 is 3.06 bits per heavy atom. The molecule has 0 aromatic heterocycles. The van der Waals surface area contributed by atoms with Gasteiger partial charge in [-0.05, 0) is 30.9 Å². The monoisotopic (exact) mass is 232 g/mol. The van der Waals surface area contributed by atoms with Crippen LogP contribution in [0.5, 0.6) is 5.75 Å². The van der Waals surface area contributed by atoms with Gasteiger partial charge >= 0.3 is 0 Å². The summed E-state index contributed by atoms with van der Waals surface area (Å²) in [6.45, 7) is 1.98. The van der Waals surface area contributed by atoms with E-state index in [-0.39, 0.29) is 11.7 Å². The van der Waals surface area contributed by atoms with E-state index in [0.717, 1.165) is 37.2 Å². The molecule has 0 saturated carbocycles. The third-order valence-electron chi connectivity index (χ3n) is 3.50. The number of hydrogen-bond acceptors (Lipinski definition) is 3. The average Bonchev–Trinajstić information content (AvgIpc) is 2.91. The molecular weight excluding hydrogens is 216 g/mol. The minimum Gasteiger partial charge on any atom is -0.493 e. The fraction of sp³-hybridized carbons (Fsp3) is 0.500. The minimum atomic E-state index is 0.0204. The molecule has 0 spiro atoms. The van der Waals surface area contributed by atoms with Crippen molar-refractivity contribution in [1.82, 2.24) is 0 Å². The first-order valence-electron chi connectivity index (χ1n) is 6.23. The van der Waals surface area contributed by atoms with Crippen molar-refractivity contribution in [2.45, 2.75) is 19.3 Å². The largest absolute Gasteiger partial charge is 0.493 e. The molecule has 2 aliphatic rings. The van der Waals surface area contributed by atoms with Gasteiger partial charge in [0.05, 0.1) is 18.8 Å². The van der Waals surface area contributed by atoms with Gasteiger partial charge in [0.25, 0.3) is 0 Å². The zero-order valence-electron chi connectivity index (χ0n) is 9.78. The maximum absolute atomic E-state index is 12.4. The number of carbonyl (C=O) groups excluding carboxylic acids is 1. The van der Waals surface area contributed by atoms with Gasteiger partial charge in [0.1, 0.15) is 5.75 Å². The first kappa shape index (κ1) is 10.8. The van der Waals surface area contributed by atoms with Crippen molar-refractivity contribution >= 4 is 5.78 Å². The van der Waals surface area contributed by atoms with Gasteiger partial charge in [-0.25, -0.2) is 0 Å². The van der Waals surface area contributed by atoms with E-state index < -0.39 is 0 Å². The fourth-order valence-corrected chi connectivity index (χ4v) is 2.54. The lowest BCUT2D eigenvalue weighted by Crippen LogP contribution is -2.18. The van der Waals surface area contributed by atoms with Crippen molar-refractivity contribution in [2.75, 3.05) is 19.8 Å². The molecule has 3 nitrogen and oxygen atoms in total. The van der Waals surface area contributed by atoms with Crippen molar-refractivity contribution in [3.63, 3.8) is 0 Å². The molecule has 2 heterocycles. The van der Waals surface area contributed by atoms with Crippen molar-refractivity contribution < 1.29 is 14.3 Å². The highest BCUT2D eigenvalue weighted by atomic mass is 16.5. The third kappa shape index (κ3) is 1.95. The molecule has 90 valence electrons. The standard InChI is InChI=1S/C14H16O3/c15-13(11-6-8-16-9-11)12-5-1-3-10-4-2-7-17-14(10)12/h1,3,5,11H,2,4,6-9H2. The van der Waals surface area contributed by atoms with E-state index >= 15 is 0 Å². The van der Waals surface area contributed by atoms with Gasteiger partial charge in [0, 0.05) is 12.5 Å². The SMILES string of the molecule is O=C(c1cccc2c1OCCC2)C1CCOC1. The van der Waals surface area contributed by atoms with Crippen LogP contribution in [0.1, 0.15) is 28.8 Å². The molecule has 1 aromatic carbocycles. The molecule has 0 amide bonds. The lowest BCUT2D eigenvalue weighted by molar-refractivity contribution is 0.0895. The molecule has 17 heavy (non-hydrogen) atoms. The van der Waals surface area contributed by atoms with E-state index in [0.29, 0.717) is 13.2 Å². The van der Waals surface area contributed by atoms with Crippen molar-refractivity contribution in [3.8, 4) is 5.75 Å². The molecule has 0 radical (unpaired) electrons. The number of ether oxygens (including phenoxy) is 2. The summed E-state index contributed by atoms with van der Waals surface area (Å²) >= 11 is 0. The van der Waals surface area contributed by atoms with Gasteiger partial charge in [0.2, 0.25) is 0 Å². The van der Waals surface area contributed by atoms with E-state index in [4.69, 9.17) is 9.47 Å². The number of rotatable bonds is 2. The molecule has 0 N–H and O–H groups in total. The van der Waals surface area contributed by atoms with E-state index in [2.05, 4.69) is 6.07 Å². The summed E-state index contributed by atoms with van der Waals surface area (Å²) in [6.07, 6.45) is 2.89. The van der Waals surface area contributed by atoms with Crippen LogP contribution in [0.4, 0.5) is 0 Å². The number of Topliss-reactive ketones (excluding diaryl/α,β-unsaturated/α-hetero) is 1. The summed E-state index contributed by atoms with van der Waals surface area (Å²) in [5, 5.41) is 0. The topological polar surface area (TPSA) is 35.5 Å². The van der Waals surface area contributed by atoms with Crippen LogP contribution in [0.15, 0.2) is 18.2 Å². The number of fused-ring (bicyclic) bond motifs is 1. The number of aryl methyl sites for hydroxylation is 1. The number of ketones is 1. The van der Waals surface area contributed by atoms with E-state index in [1.54, 1.807) is 0 Å². The molecule has 3 rings (SSSR count). The first-order chi connectivity index (χ1) is 8.36. The summed E-state index contributed by atoms with van der Waals surface area (Å²) in [4.78, 5) is 12.4. The Hall–Kier alpha value is -1.35. The van der Waals surface area contributed by atoms with E-state index in [1.807, 2.05) is 12.1 Å². The third-order valence-corrected chi connectivity index (χ3v) is 3.50. The quantitative estimate of drug-likeness (QED) is 0.733. The molecular formula is C14H16O3. The molecule has 0 aliphatic carbocycles. The lowest BCUT2D eigenvalue weighted by atomic mass is 9.93. The molecule has 2 aliphatic heterocycles. The van der Waals surface area contributed by atoms with Crippen LogP contribution < -0.4 is 4.74 Å². The molecule has 1 unspecified atom stereocenters. The van der Waals surface area contributed by atoms with Gasteiger partial charge in [-0.1, -0.05) is 12.1 Å². The minimum absolute atomic E-state index is 0.0204. The van der Waals surface area contributed by atoms with Crippen molar-refractivity contribution in [1.29, 1.82) is 0 Å². The fourth-order valence-electron chi connectivity index (χ4n) is 2.54. The summed E-state index contributed by atoms with van der Waals surface area (Å²) in [5.74, 6) is 1.02. The molecule has 1 saturated heterocycles. The predicted molar refractivity (Wildman–Crippen MR) is 63.5 cm³/mol. The van der Waals surface area contributed by atoms with Gasteiger partial charge < -0.3 is 9.47 Å². The first-order valence-corrected chi connectivity index (χ1v) is 6.23. The molecule has 3 heteroatoms. The zero-order valence-corrected chi connectivity index (χ0v) is 9.78. The smallest absolute Gasteiger partial charge is 0.172 e. The average molecular weight is 232 g/mol. The van der Waals surface area contributed by atoms with Gasteiger partial charge in [-0.3, -0.25) is 4.79 Å². The Labute approximate surface area is 101 Å². The maximum atomic E-state index is 12.4. The van der Waals surface area contributed by atoms with Crippen LogP contribution in [0.25, 0.3) is 0 Å². The Morgan fingerprint density at radius 1 is 1.29 bits per heavy atom. The van der Waals surface area contributed by atoms with Crippen LogP contribution in [-0.4, -0.2) is 25.6 Å². The van der Waals surface area contributed by atoms with Crippen LogP contribution in [-0.2, 0) is 11.2 Å². The second-order valence-electron chi connectivity index (χ2n) is 4.67. The van der Waals surface area contributed by atoms with Crippen molar-refractivity contribution in [2.24, 2.45) is 5.92 Å². The highest BCUT2D eigenvalue weighted by molar-refractivity contribution is 6.01. The molecule has 1 fully saturated rings. The Bertz CT molecular complexity index is 433. The predicted octanol–water partition coefficient (Wildman–Crippen LogP) is 2.23. The maximum Gasteiger partial charge on any atom is 0.172 e. The molecule has 0 bridgehead atoms. The second kappa shape index (κ2) is 4.49. The van der Waals surface area contributed by atoms with E-state index in [9.17, 15) is 4.79 Å². The molecule has 1 atom stereocenters. The number of benzene rings is 1. The Morgan fingerprint density at radius 2 is 2.24 bits per heavy atom. The summed E-state index contributed by atoms with van der Waals surface area (Å²) in [5.41, 5.74) is 1.92. The summed E-state index contributed by atoms with van der Waals surface area (Å²) in [7, 11) is 0. The Kier molecular flexibility index (Phi) is 2.85. The van der Waals surface area contributed by atoms with Gasteiger partial charge in [-0.2, -0.15) is 0 Å². The zero-order chi connectivity index (χ0) is 11.7. The highest BCUT2D eigenvalue weighted by Gasteiger charge is 2.28. The highest BCUT2D eigenvalue weighted by Crippen LogP contribution is 2.31. The van der Waals surface area contributed by atoms with Crippen LogP contribution >= 0.6 is 0 Å². The van der Waals surface area contributed by atoms with Crippen LogP contribution in [0, 0.1) is 5.92 Å². The molecule has 1 aromatic rings.